The van der Waals surface area contributed by atoms with Gasteiger partial charge in [-0.25, -0.2) is 0 Å². The number of pyridine rings is 1. The minimum Gasteiger partial charge on any atom is -0.376 e. The Morgan fingerprint density at radius 1 is 1.42 bits per heavy atom. The van der Waals surface area contributed by atoms with E-state index in [0.717, 1.165) is 25.5 Å². The van der Waals surface area contributed by atoms with Crippen molar-refractivity contribution in [1.29, 1.82) is 0 Å². The standard InChI is InChI=1S/C19H29N3O2/c1-14(2)21(3)11-19(23)22-7-6-18-16(10-22)8-20-9-17(18)13-24-12-15-4-5-15/h8-9,14-15H,4-7,10-13H2,1-3H3. The van der Waals surface area contributed by atoms with Crippen LogP contribution in [0.25, 0.3) is 0 Å². The zero-order valence-electron chi connectivity index (χ0n) is 15.1. The van der Waals surface area contributed by atoms with E-state index in [9.17, 15) is 4.79 Å². The summed E-state index contributed by atoms with van der Waals surface area (Å²) in [6.45, 7) is 7.67. The molecule has 2 aliphatic rings. The van der Waals surface area contributed by atoms with E-state index in [1.165, 1.54) is 29.5 Å². The number of amides is 1. The third kappa shape index (κ3) is 4.33. The Morgan fingerprint density at radius 2 is 2.21 bits per heavy atom. The van der Waals surface area contributed by atoms with E-state index in [-0.39, 0.29) is 5.91 Å². The number of hydrogen-bond acceptors (Lipinski definition) is 4. The van der Waals surface area contributed by atoms with Crippen LogP contribution >= 0.6 is 0 Å². The molecule has 3 rings (SSSR count). The molecule has 2 heterocycles. The molecule has 5 nitrogen and oxygen atoms in total. The molecule has 0 spiro atoms. The summed E-state index contributed by atoms with van der Waals surface area (Å²) >= 11 is 0. The number of carbonyl (C=O) groups is 1. The van der Waals surface area contributed by atoms with Crippen LogP contribution in [0, 0.1) is 5.92 Å². The largest absolute Gasteiger partial charge is 0.376 e. The molecular formula is C19H29N3O2. The fraction of sp³-hybridized carbons (Fsp3) is 0.684. The van der Waals surface area contributed by atoms with Gasteiger partial charge in [-0.05, 0) is 62.8 Å². The van der Waals surface area contributed by atoms with Gasteiger partial charge in [0.05, 0.1) is 13.2 Å². The molecule has 0 atom stereocenters. The van der Waals surface area contributed by atoms with Crippen molar-refractivity contribution >= 4 is 5.91 Å². The summed E-state index contributed by atoms with van der Waals surface area (Å²) in [7, 11) is 2.00. The molecule has 1 saturated carbocycles. The third-order valence-electron chi connectivity index (χ3n) is 5.16. The number of likely N-dealkylation sites (N-methyl/N-ethyl adjacent to an activating group) is 1. The van der Waals surface area contributed by atoms with Crippen molar-refractivity contribution < 1.29 is 9.53 Å². The van der Waals surface area contributed by atoms with Crippen molar-refractivity contribution in [2.45, 2.75) is 52.3 Å². The molecule has 1 amide bonds. The fourth-order valence-electron chi connectivity index (χ4n) is 3.02. The first-order valence-electron chi connectivity index (χ1n) is 9.05. The zero-order valence-corrected chi connectivity index (χ0v) is 15.1. The molecule has 1 fully saturated rings. The van der Waals surface area contributed by atoms with Crippen LogP contribution in [0.2, 0.25) is 0 Å². The molecule has 0 N–H and O–H groups in total. The SMILES string of the molecule is CC(C)N(C)CC(=O)N1CCc2c(COCC3CC3)cncc2C1. The molecule has 0 saturated heterocycles. The monoisotopic (exact) mass is 331 g/mol. The average molecular weight is 331 g/mol. The maximum absolute atomic E-state index is 12.5. The van der Waals surface area contributed by atoms with Crippen LogP contribution in [0.4, 0.5) is 0 Å². The van der Waals surface area contributed by atoms with Crippen molar-refractivity contribution in [2.75, 3.05) is 26.7 Å². The quantitative estimate of drug-likeness (QED) is 0.769. The van der Waals surface area contributed by atoms with Crippen molar-refractivity contribution in [2.24, 2.45) is 5.92 Å². The molecule has 1 aliphatic heterocycles. The maximum atomic E-state index is 12.5. The van der Waals surface area contributed by atoms with Crippen LogP contribution in [0.15, 0.2) is 12.4 Å². The third-order valence-corrected chi connectivity index (χ3v) is 5.16. The molecule has 132 valence electrons. The van der Waals surface area contributed by atoms with E-state index in [1.807, 2.05) is 24.3 Å². The van der Waals surface area contributed by atoms with Crippen LogP contribution in [0.3, 0.4) is 0 Å². The van der Waals surface area contributed by atoms with Crippen molar-refractivity contribution in [3.05, 3.63) is 29.1 Å². The van der Waals surface area contributed by atoms with Gasteiger partial charge in [0.25, 0.3) is 0 Å². The van der Waals surface area contributed by atoms with Crippen molar-refractivity contribution in [3.63, 3.8) is 0 Å². The Bertz CT molecular complexity index is 584. The summed E-state index contributed by atoms with van der Waals surface area (Å²) in [5.74, 6) is 0.982. The first kappa shape index (κ1) is 17.4. The highest BCUT2D eigenvalue weighted by Crippen LogP contribution is 2.29. The highest BCUT2D eigenvalue weighted by atomic mass is 16.5. The molecule has 0 bridgehead atoms. The summed E-state index contributed by atoms with van der Waals surface area (Å²) in [6, 6.07) is 0.378. The summed E-state index contributed by atoms with van der Waals surface area (Å²) in [4.78, 5) is 20.9. The summed E-state index contributed by atoms with van der Waals surface area (Å²) < 4.78 is 5.84. The van der Waals surface area contributed by atoms with Gasteiger partial charge in [0.2, 0.25) is 5.91 Å². The van der Waals surface area contributed by atoms with Crippen LogP contribution in [-0.2, 0) is 29.1 Å². The van der Waals surface area contributed by atoms with Gasteiger partial charge in [-0.2, -0.15) is 0 Å². The predicted octanol–water partition coefficient (Wildman–Crippen LogP) is 2.23. The molecule has 0 aromatic carbocycles. The Morgan fingerprint density at radius 3 is 2.92 bits per heavy atom. The topological polar surface area (TPSA) is 45.7 Å². The highest BCUT2D eigenvalue weighted by Gasteiger charge is 2.25. The lowest BCUT2D eigenvalue weighted by molar-refractivity contribution is -0.133. The molecule has 5 heteroatoms. The van der Waals surface area contributed by atoms with E-state index in [4.69, 9.17) is 4.74 Å². The van der Waals surface area contributed by atoms with E-state index in [2.05, 4.69) is 23.7 Å². The number of hydrogen-bond donors (Lipinski definition) is 0. The number of ether oxygens (including phenoxy) is 1. The lowest BCUT2D eigenvalue weighted by atomic mass is 9.97. The molecular weight excluding hydrogens is 302 g/mol. The molecule has 1 aromatic heterocycles. The Labute approximate surface area is 145 Å². The van der Waals surface area contributed by atoms with E-state index in [0.29, 0.717) is 25.7 Å². The molecule has 1 aliphatic carbocycles. The Balaban J connectivity index is 1.59. The number of rotatable bonds is 7. The highest BCUT2D eigenvalue weighted by molar-refractivity contribution is 5.78. The fourth-order valence-corrected chi connectivity index (χ4v) is 3.02. The second kappa shape index (κ2) is 7.62. The molecule has 24 heavy (non-hydrogen) atoms. The van der Waals surface area contributed by atoms with Crippen LogP contribution < -0.4 is 0 Å². The first-order valence-corrected chi connectivity index (χ1v) is 9.05. The van der Waals surface area contributed by atoms with Gasteiger partial charge in [0.1, 0.15) is 0 Å². The van der Waals surface area contributed by atoms with E-state index in [1.54, 1.807) is 0 Å². The Kier molecular flexibility index (Phi) is 5.51. The average Bonchev–Trinajstić information content (AvgIpc) is 3.38. The Hall–Kier alpha value is -1.46. The summed E-state index contributed by atoms with van der Waals surface area (Å²) in [6.07, 6.45) is 7.36. The van der Waals surface area contributed by atoms with Crippen LogP contribution in [0.1, 0.15) is 43.4 Å². The minimum absolute atomic E-state index is 0.201. The van der Waals surface area contributed by atoms with Gasteiger partial charge in [-0.3, -0.25) is 14.7 Å². The van der Waals surface area contributed by atoms with Crippen molar-refractivity contribution in [3.8, 4) is 0 Å². The van der Waals surface area contributed by atoms with Crippen molar-refractivity contribution in [1.82, 2.24) is 14.8 Å². The van der Waals surface area contributed by atoms with Gasteiger partial charge < -0.3 is 9.64 Å². The molecule has 0 unspecified atom stereocenters. The maximum Gasteiger partial charge on any atom is 0.237 e. The summed E-state index contributed by atoms with van der Waals surface area (Å²) in [5, 5.41) is 0. The second-order valence-electron chi connectivity index (χ2n) is 7.47. The van der Waals surface area contributed by atoms with Gasteiger partial charge in [-0.1, -0.05) is 0 Å². The van der Waals surface area contributed by atoms with Crippen LogP contribution in [0.5, 0.6) is 0 Å². The van der Waals surface area contributed by atoms with Crippen LogP contribution in [-0.4, -0.2) is 53.5 Å². The zero-order chi connectivity index (χ0) is 17.1. The molecule has 1 aromatic rings. The number of aromatic nitrogens is 1. The summed E-state index contributed by atoms with van der Waals surface area (Å²) in [5.41, 5.74) is 3.70. The van der Waals surface area contributed by atoms with E-state index >= 15 is 0 Å². The van der Waals surface area contributed by atoms with E-state index < -0.39 is 0 Å². The minimum atomic E-state index is 0.201. The van der Waals surface area contributed by atoms with Gasteiger partial charge in [0.15, 0.2) is 0 Å². The van der Waals surface area contributed by atoms with Gasteiger partial charge >= 0.3 is 0 Å². The predicted molar refractivity (Wildman–Crippen MR) is 93.5 cm³/mol. The normalized spacial score (nSPS) is 17.5. The van der Waals surface area contributed by atoms with Gasteiger partial charge in [0, 0.05) is 38.1 Å². The molecule has 0 radical (unpaired) electrons. The second-order valence-corrected chi connectivity index (χ2v) is 7.47. The first-order chi connectivity index (χ1) is 11.5. The number of nitrogens with zero attached hydrogens (tertiary/aromatic N) is 3. The van der Waals surface area contributed by atoms with Gasteiger partial charge in [-0.15, -0.1) is 0 Å². The lowest BCUT2D eigenvalue weighted by Gasteiger charge is -2.32. The smallest absolute Gasteiger partial charge is 0.237 e. The lowest BCUT2D eigenvalue weighted by Crippen LogP contribution is -2.43. The number of fused-ring (bicyclic) bond motifs is 1. The number of carbonyl (C=O) groups excluding carboxylic acids is 1.